The number of hydrogen-bond acceptors (Lipinski definition) is 10. The number of piperidine rings is 1. The number of rotatable bonds is 10. The quantitative estimate of drug-likeness (QED) is 0.355. The van der Waals surface area contributed by atoms with Gasteiger partial charge in [-0.05, 0) is 62.9 Å². The van der Waals surface area contributed by atoms with Crippen LogP contribution in [0.2, 0.25) is 0 Å². The highest BCUT2D eigenvalue weighted by molar-refractivity contribution is 5.96. The summed E-state index contributed by atoms with van der Waals surface area (Å²) in [5.74, 6) is 0.0701. The minimum atomic E-state index is -4.65. The molecular formula is C29H39F3N8O5. The van der Waals surface area contributed by atoms with Crippen molar-refractivity contribution in [3.8, 4) is 0 Å². The first-order valence-electron chi connectivity index (χ1n) is 15.5. The van der Waals surface area contributed by atoms with Crippen LogP contribution in [0.4, 0.5) is 19.1 Å². The highest BCUT2D eigenvalue weighted by Gasteiger charge is 2.49. The van der Waals surface area contributed by atoms with E-state index in [-0.39, 0.29) is 41.1 Å². The van der Waals surface area contributed by atoms with Gasteiger partial charge in [0.05, 0.1) is 36.3 Å². The van der Waals surface area contributed by atoms with Crippen molar-refractivity contribution in [1.82, 2.24) is 30.6 Å². The minimum Gasteiger partial charge on any atom is -0.381 e. The zero-order chi connectivity index (χ0) is 31.9. The van der Waals surface area contributed by atoms with Crippen molar-refractivity contribution in [1.29, 1.82) is 0 Å². The molecule has 6 rings (SSSR count). The lowest BCUT2D eigenvalue weighted by Crippen LogP contribution is -2.47. The molecule has 2 aromatic heterocycles. The summed E-state index contributed by atoms with van der Waals surface area (Å²) < 4.78 is 58.3. The smallest absolute Gasteiger partial charge is 0.381 e. The molecular weight excluding hydrogens is 597 g/mol. The molecule has 3 N–H and O–H groups in total. The molecule has 4 atom stereocenters. The maximum absolute atomic E-state index is 13.7. The summed E-state index contributed by atoms with van der Waals surface area (Å²) in [5, 5.41) is 21.7. The Bertz CT molecular complexity index is 1430. The number of aromatic nitrogens is 4. The normalized spacial score (nSPS) is 25.2. The second kappa shape index (κ2) is 12.3. The Morgan fingerprint density at radius 1 is 1.20 bits per heavy atom. The Hall–Kier alpha value is -3.53. The van der Waals surface area contributed by atoms with E-state index in [2.05, 4.69) is 38.2 Å². The van der Waals surface area contributed by atoms with Crippen LogP contribution < -0.4 is 16.0 Å². The van der Waals surface area contributed by atoms with E-state index in [4.69, 9.17) is 19.2 Å². The van der Waals surface area contributed by atoms with Gasteiger partial charge in [0.25, 0.3) is 5.91 Å². The summed E-state index contributed by atoms with van der Waals surface area (Å²) >= 11 is 0. The van der Waals surface area contributed by atoms with Crippen LogP contribution in [0.1, 0.15) is 93.1 Å². The van der Waals surface area contributed by atoms with Gasteiger partial charge in [-0.3, -0.25) is 9.59 Å². The van der Waals surface area contributed by atoms with E-state index in [1.54, 1.807) is 6.20 Å². The van der Waals surface area contributed by atoms with Gasteiger partial charge in [-0.2, -0.15) is 18.3 Å². The summed E-state index contributed by atoms with van der Waals surface area (Å²) in [6.45, 7) is 5.28. The molecule has 0 spiro atoms. The summed E-state index contributed by atoms with van der Waals surface area (Å²) in [5.41, 5.74) is -1.04. The number of carbonyl (C=O) groups excluding carboxylic acids is 2. The Balaban J connectivity index is 1.29. The van der Waals surface area contributed by atoms with Crippen molar-refractivity contribution in [3.63, 3.8) is 0 Å². The third-order valence-electron chi connectivity index (χ3n) is 9.11. The van der Waals surface area contributed by atoms with E-state index < -0.39 is 30.3 Å². The molecule has 3 aliphatic heterocycles. The summed E-state index contributed by atoms with van der Waals surface area (Å²) in [6, 6.07) is -1.30. The van der Waals surface area contributed by atoms with Gasteiger partial charge in [-0.25, -0.2) is 14.3 Å². The Labute approximate surface area is 258 Å². The summed E-state index contributed by atoms with van der Waals surface area (Å²) in [7, 11) is 0. The molecule has 1 aliphatic carbocycles. The third-order valence-corrected chi connectivity index (χ3v) is 9.11. The van der Waals surface area contributed by atoms with Crippen molar-refractivity contribution < 1.29 is 36.9 Å². The molecule has 45 heavy (non-hydrogen) atoms. The van der Waals surface area contributed by atoms with Gasteiger partial charge in [0.2, 0.25) is 11.9 Å². The molecule has 0 radical (unpaired) electrons. The van der Waals surface area contributed by atoms with Gasteiger partial charge in [0, 0.05) is 38.0 Å². The van der Waals surface area contributed by atoms with Crippen molar-refractivity contribution in [3.05, 3.63) is 23.3 Å². The molecule has 1 unspecified atom stereocenters. The number of halogens is 3. The van der Waals surface area contributed by atoms with Crippen LogP contribution in [0.25, 0.3) is 0 Å². The SMILES string of the molecule is C[C@@H]1CNC(=O)[C@@H](CC2=Nn3cc([C@H](COC(C)(C)C(F)(F)F)NC(=O)c4nonc4C4CC4)nc3NC2C2CCOCC2)C1. The van der Waals surface area contributed by atoms with Crippen LogP contribution in [0.15, 0.2) is 15.9 Å². The Kier molecular flexibility index (Phi) is 8.63. The van der Waals surface area contributed by atoms with E-state index >= 15 is 0 Å². The van der Waals surface area contributed by atoms with Crippen molar-refractivity contribution in [2.75, 3.05) is 31.7 Å². The number of hydrogen-bond donors (Lipinski definition) is 3. The second-order valence-electron chi connectivity index (χ2n) is 13.1. The number of anilines is 1. The molecule has 246 valence electrons. The van der Waals surface area contributed by atoms with Crippen LogP contribution in [0, 0.1) is 17.8 Å². The fourth-order valence-corrected chi connectivity index (χ4v) is 6.06. The molecule has 1 saturated carbocycles. The molecule has 2 saturated heterocycles. The molecule has 0 aromatic carbocycles. The average molecular weight is 637 g/mol. The lowest BCUT2D eigenvalue weighted by molar-refractivity contribution is -0.265. The Morgan fingerprint density at radius 2 is 1.96 bits per heavy atom. The zero-order valence-electron chi connectivity index (χ0n) is 25.5. The second-order valence-corrected chi connectivity index (χ2v) is 13.1. The first kappa shape index (κ1) is 31.5. The minimum absolute atomic E-state index is 0.00115. The van der Waals surface area contributed by atoms with Crippen LogP contribution in [-0.4, -0.2) is 81.7 Å². The number of nitrogens with one attached hydrogen (secondary N) is 3. The molecule has 2 aromatic rings. The van der Waals surface area contributed by atoms with Crippen LogP contribution in [0.5, 0.6) is 0 Å². The number of nitrogens with zero attached hydrogens (tertiary/aromatic N) is 5. The number of carbonyl (C=O) groups is 2. The van der Waals surface area contributed by atoms with Crippen molar-refractivity contribution in [2.24, 2.45) is 22.9 Å². The van der Waals surface area contributed by atoms with Crippen LogP contribution in [0.3, 0.4) is 0 Å². The fraction of sp³-hybridized carbons (Fsp3) is 0.724. The number of fused-ring (bicyclic) bond motifs is 1. The number of imidazole rings is 1. The highest BCUT2D eigenvalue weighted by Crippen LogP contribution is 2.40. The molecule has 0 bridgehead atoms. The number of amides is 2. The first-order valence-corrected chi connectivity index (χ1v) is 15.5. The highest BCUT2D eigenvalue weighted by atomic mass is 19.4. The largest absolute Gasteiger partial charge is 0.416 e. The number of alkyl halides is 3. The monoisotopic (exact) mass is 636 g/mol. The zero-order valence-corrected chi connectivity index (χ0v) is 25.5. The van der Waals surface area contributed by atoms with E-state index in [9.17, 15) is 22.8 Å². The fourth-order valence-electron chi connectivity index (χ4n) is 6.06. The summed E-state index contributed by atoms with van der Waals surface area (Å²) in [6.07, 6.45) is 1.39. The maximum atomic E-state index is 13.7. The van der Waals surface area contributed by atoms with Crippen molar-refractivity contribution >= 4 is 23.5 Å². The molecule has 2 amide bonds. The maximum Gasteiger partial charge on any atom is 0.416 e. The van der Waals surface area contributed by atoms with E-state index in [0.717, 1.165) is 51.7 Å². The molecule has 3 fully saturated rings. The lowest BCUT2D eigenvalue weighted by atomic mass is 9.81. The number of ether oxygens (including phenoxy) is 2. The van der Waals surface area contributed by atoms with Crippen LogP contribution >= 0.6 is 0 Å². The van der Waals surface area contributed by atoms with Gasteiger partial charge in [0.15, 0.2) is 11.3 Å². The van der Waals surface area contributed by atoms with Crippen LogP contribution in [-0.2, 0) is 14.3 Å². The van der Waals surface area contributed by atoms with Gasteiger partial charge in [-0.15, -0.1) is 0 Å². The molecule has 4 aliphatic rings. The third kappa shape index (κ3) is 6.86. The predicted octanol–water partition coefficient (Wildman–Crippen LogP) is 3.56. The van der Waals surface area contributed by atoms with E-state index in [1.807, 2.05) is 0 Å². The molecule has 16 heteroatoms. The van der Waals surface area contributed by atoms with Crippen molar-refractivity contribution in [2.45, 2.75) is 89.1 Å². The summed E-state index contributed by atoms with van der Waals surface area (Å²) in [4.78, 5) is 30.7. The topological polar surface area (TPSA) is 158 Å². The van der Waals surface area contributed by atoms with E-state index in [0.29, 0.717) is 43.7 Å². The average Bonchev–Trinajstić information content (AvgIpc) is 3.56. The predicted molar refractivity (Wildman–Crippen MR) is 153 cm³/mol. The first-order chi connectivity index (χ1) is 21.4. The lowest BCUT2D eigenvalue weighted by Gasteiger charge is -2.36. The molecule has 13 nitrogen and oxygen atoms in total. The van der Waals surface area contributed by atoms with Gasteiger partial charge >= 0.3 is 6.18 Å². The molecule has 5 heterocycles. The Morgan fingerprint density at radius 3 is 2.67 bits per heavy atom. The standard InChI is InChI=1S/C29H39F3N8O5/c1-15-10-18(25(41)33-12-15)11-19-22(17-6-8-43-9-7-17)36-27-35-20(13-40(27)37-19)21(14-44-28(2,3)29(30,31)32)34-26(42)24-23(16-4-5-16)38-45-39-24/h13,15-18,21-22H,4-12,14H2,1-3H3,(H,33,41)(H,34,42)(H,35,36)/t15-,18+,21-,22?/m0/s1. The van der Waals surface area contributed by atoms with Gasteiger partial charge in [-0.1, -0.05) is 12.1 Å². The van der Waals surface area contributed by atoms with Gasteiger partial charge < -0.3 is 25.4 Å². The van der Waals surface area contributed by atoms with E-state index in [1.165, 1.54) is 4.68 Å². The van der Waals surface area contributed by atoms with Gasteiger partial charge in [0.1, 0.15) is 5.69 Å².